The van der Waals surface area contributed by atoms with E-state index < -0.39 is 33.0 Å². The Hall–Kier alpha value is -1.57. The van der Waals surface area contributed by atoms with E-state index in [1.807, 2.05) is 0 Å². The van der Waals surface area contributed by atoms with Crippen LogP contribution in [0, 0.1) is 5.92 Å². The fraction of sp³-hybridized carbons (Fsp3) is 0.667. The van der Waals surface area contributed by atoms with Crippen molar-refractivity contribution in [3.05, 3.63) is 12.2 Å². The monoisotopic (exact) mass is 302 g/mol. The first-order valence-electron chi connectivity index (χ1n) is 6.55. The van der Waals surface area contributed by atoms with E-state index in [4.69, 9.17) is 5.11 Å². The van der Waals surface area contributed by atoms with Gasteiger partial charge in [0.05, 0.1) is 23.0 Å². The first-order chi connectivity index (χ1) is 9.38. The van der Waals surface area contributed by atoms with Gasteiger partial charge in [-0.1, -0.05) is 12.2 Å². The topological polar surface area (TPSA) is 113 Å². The summed E-state index contributed by atoms with van der Waals surface area (Å²) >= 11 is 0. The van der Waals surface area contributed by atoms with Crippen molar-refractivity contribution in [2.45, 2.75) is 30.6 Å². The molecule has 2 aliphatic rings. The third-order valence-electron chi connectivity index (χ3n) is 3.67. The van der Waals surface area contributed by atoms with E-state index in [0.717, 1.165) is 0 Å². The first kappa shape index (κ1) is 14.8. The summed E-state index contributed by atoms with van der Waals surface area (Å²) in [6.45, 7) is 0.104. The highest BCUT2D eigenvalue weighted by Gasteiger charge is 2.31. The molecule has 0 bridgehead atoms. The molecule has 20 heavy (non-hydrogen) atoms. The van der Waals surface area contributed by atoms with Crippen LogP contribution in [0.4, 0.5) is 4.79 Å². The lowest BCUT2D eigenvalue weighted by molar-refractivity contribution is -0.140. The summed E-state index contributed by atoms with van der Waals surface area (Å²) in [5.74, 6) is -1.30. The zero-order valence-corrected chi connectivity index (χ0v) is 11.7. The molecule has 2 rings (SSSR count). The third kappa shape index (κ3) is 3.50. The van der Waals surface area contributed by atoms with Crippen molar-refractivity contribution < 1.29 is 23.1 Å². The van der Waals surface area contributed by atoms with Crippen molar-refractivity contribution in [1.82, 2.24) is 10.6 Å². The highest BCUT2D eigenvalue weighted by molar-refractivity contribution is 7.92. The van der Waals surface area contributed by atoms with Crippen molar-refractivity contribution in [3.63, 3.8) is 0 Å². The molecular weight excluding hydrogens is 284 g/mol. The van der Waals surface area contributed by atoms with E-state index in [9.17, 15) is 18.0 Å². The predicted molar refractivity (Wildman–Crippen MR) is 72.0 cm³/mol. The predicted octanol–water partition coefficient (Wildman–Crippen LogP) is -0.108. The smallest absolute Gasteiger partial charge is 0.315 e. The molecule has 3 unspecified atom stereocenters. The number of carboxylic acids is 1. The minimum Gasteiger partial charge on any atom is -0.481 e. The molecule has 0 saturated carbocycles. The van der Waals surface area contributed by atoms with Crippen LogP contribution < -0.4 is 10.6 Å². The molecule has 2 amide bonds. The maximum absolute atomic E-state index is 11.6. The Morgan fingerprint density at radius 3 is 2.60 bits per heavy atom. The van der Waals surface area contributed by atoms with E-state index in [0.29, 0.717) is 19.3 Å². The van der Waals surface area contributed by atoms with Gasteiger partial charge in [0.1, 0.15) is 0 Å². The molecular formula is C12H18N2O5S. The number of rotatable bonds is 4. The van der Waals surface area contributed by atoms with Gasteiger partial charge in [-0.2, -0.15) is 0 Å². The fourth-order valence-corrected chi connectivity index (χ4v) is 4.27. The largest absolute Gasteiger partial charge is 0.481 e. The molecule has 112 valence electrons. The van der Waals surface area contributed by atoms with Crippen LogP contribution in [0.1, 0.15) is 19.3 Å². The van der Waals surface area contributed by atoms with Crippen molar-refractivity contribution in [2.24, 2.45) is 5.92 Å². The number of carboxylic acid groups (broad SMARTS) is 1. The highest BCUT2D eigenvalue weighted by Crippen LogP contribution is 2.19. The molecule has 1 fully saturated rings. The van der Waals surface area contributed by atoms with Gasteiger partial charge in [0.15, 0.2) is 9.84 Å². The SMILES string of the molecule is O=C(NCC1CCCS1(=O)=O)NC1C=CC(C(=O)O)C1. The Labute approximate surface area is 117 Å². The number of urea groups is 1. The summed E-state index contributed by atoms with van der Waals surface area (Å²) in [4.78, 5) is 22.4. The lowest BCUT2D eigenvalue weighted by atomic mass is 10.1. The molecule has 7 nitrogen and oxygen atoms in total. The molecule has 1 saturated heterocycles. The zero-order chi connectivity index (χ0) is 14.8. The van der Waals surface area contributed by atoms with Crippen LogP contribution in [0.3, 0.4) is 0 Å². The average molecular weight is 302 g/mol. The maximum Gasteiger partial charge on any atom is 0.315 e. The zero-order valence-electron chi connectivity index (χ0n) is 10.9. The maximum atomic E-state index is 11.6. The van der Waals surface area contributed by atoms with Crippen molar-refractivity contribution in [1.29, 1.82) is 0 Å². The Kier molecular flexibility index (Phi) is 4.32. The molecule has 0 aromatic rings. The van der Waals surface area contributed by atoms with Crippen molar-refractivity contribution in [2.75, 3.05) is 12.3 Å². The van der Waals surface area contributed by atoms with E-state index in [-0.39, 0.29) is 18.3 Å². The molecule has 0 aromatic heterocycles. The molecule has 3 atom stereocenters. The van der Waals surface area contributed by atoms with E-state index in [1.165, 1.54) is 0 Å². The quantitative estimate of drug-likeness (QED) is 0.627. The standard InChI is InChI=1S/C12H18N2O5S/c15-11(16)8-3-4-9(6-8)14-12(17)13-7-10-2-1-5-20(10,18)19/h3-4,8-10H,1-2,5-7H2,(H,15,16)(H2,13,14,17). The van der Waals surface area contributed by atoms with Gasteiger partial charge < -0.3 is 15.7 Å². The Morgan fingerprint density at radius 2 is 2.05 bits per heavy atom. The van der Waals surface area contributed by atoms with E-state index >= 15 is 0 Å². The Bertz CT molecular complexity index is 528. The molecule has 1 aliphatic heterocycles. The van der Waals surface area contributed by atoms with Gasteiger partial charge in [-0.15, -0.1) is 0 Å². The summed E-state index contributed by atoms with van der Waals surface area (Å²) in [6, 6.07) is -0.788. The highest BCUT2D eigenvalue weighted by atomic mass is 32.2. The van der Waals surface area contributed by atoms with E-state index in [1.54, 1.807) is 12.2 Å². The summed E-state index contributed by atoms with van der Waals surface area (Å²) in [5, 5.41) is 13.5. The summed E-state index contributed by atoms with van der Waals surface area (Å²) in [7, 11) is -3.06. The number of amides is 2. The van der Waals surface area contributed by atoms with Crippen LogP contribution in [0.2, 0.25) is 0 Å². The number of carbonyl (C=O) groups is 2. The number of hydrogen-bond donors (Lipinski definition) is 3. The fourth-order valence-electron chi connectivity index (χ4n) is 2.50. The molecule has 1 aliphatic carbocycles. The van der Waals surface area contributed by atoms with Crippen LogP contribution in [0.15, 0.2) is 12.2 Å². The molecule has 0 spiro atoms. The third-order valence-corrected chi connectivity index (χ3v) is 5.95. The van der Waals surface area contributed by atoms with Gasteiger partial charge in [0.25, 0.3) is 0 Å². The van der Waals surface area contributed by atoms with Crippen molar-refractivity contribution in [3.8, 4) is 0 Å². The first-order valence-corrected chi connectivity index (χ1v) is 8.27. The second-order valence-electron chi connectivity index (χ2n) is 5.16. The van der Waals surface area contributed by atoms with Gasteiger partial charge in [-0.25, -0.2) is 13.2 Å². The summed E-state index contributed by atoms with van der Waals surface area (Å²) in [5.41, 5.74) is 0. The van der Waals surface area contributed by atoms with Crippen LogP contribution in [-0.4, -0.2) is 49.1 Å². The van der Waals surface area contributed by atoms with Gasteiger partial charge in [-0.3, -0.25) is 4.79 Å². The number of nitrogens with one attached hydrogen (secondary N) is 2. The van der Waals surface area contributed by atoms with Crippen LogP contribution in [0.25, 0.3) is 0 Å². The molecule has 0 aromatic carbocycles. The van der Waals surface area contributed by atoms with Gasteiger partial charge >= 0.3 is 12.0 Å². The van der Waals surface area contributed by atoms with Gasteiger partial charge in [-0.05, 0) is 19.3 Å². The number of hydrogen-bond acceptors (Lipinski definition) is 4. The Morgan fingerprint density at radius 1 is 1.30 bits per heavy atom. The lowest BCUT2D eigenvalue weighted by Crippen LogP contribution is -2.44. The number of aliphatic carboxylic acids is 1. The number of sulfone groups is 1. The second-order valence-corrected chi connectivity index (χ2v) is 7.56. The minimum absolute atomic E-state index is 0.104. The van der Waals surface area contributed by atoms with Gasteiger partial charge in [0.2, 0.25) is 0 Å². The van der Waals surface area contributed by atoms with Crippen LogP contribution in [0.5, 0.6) is 0 Å². The second kappa shape index (κ2) is 5.82. The minimum atomic E-state index is -3.06. The molecule has 0 radical (unpaired) electrons. The van der Waals surface area contributed by atoms with Crippen LogP contribution in [-0.2, 0) is 14.6 Å². The van der Waals surface area contributed by atoms with Crippen molar-refractivity contribution >= 4 is 21.8 Å². The summed E-state index contributed by atoms with van der Waals surface area (Å²) < 4.78 is 23.2. The van der Waals surface area contributed by atoms with Gasteiger partial charge in [0, 0.05) is 6.54 Å². The molecule has 8 heteroatoms. The van der Waals surface area contributed by atoms with Crippen LogP contribution >= 0.6 is 0 Å². The normalized spacial score (nSPS) is 31.1. The van der Waals surface area contributed by atoms with E-state index in [2.05, 4.69) is 10.6 Å². The Balaban J connectivity index is 1.74. The summed E-state index contributed by atoms with van der Waals surface area (Å²) in [6.07, 6.45) is 4.73. The number of carbonyl (C=O) groups excluding carboxylic acids is 1. The molecule has 1 heterocycles. The average Bonchev–Trinajstić information content (AvgIpc) is 2.93. The lowest BCUT2D eigenvalue weighted by Gasteiger charge is -2.15. The molecule has 3 N–H and O–H groups in total.